The summed E-state index contributed by atoms with van der Waals surface area (Å²) < 4.78 is 5.54. The van der Waals surface area contributed by atoms with Crippen molar-refractivity contribution >= 4 is 29.9 Å². The van der Waals surface area contributed by atoms with Gasteiger partial charge in [-0.05, 0) is 43.9 Å². The number of hydrogen-bond donors (Lipinski definition) is 2. The summed E-state index contributed by atoms with van der Waals surface area (Å²) in [6.07, 6.45) is 6.89. The van der Waals surface area contributed by atoms with Gasteiger partial charge in [0, 0.05) is 50.7 Å². The Balaban J connectivity index is 0.00000341. The lowest BCUT2D eigenvalue weighted by Crippen LogP contribution is -2.48. The highest BCUT2D eigenvalue weighted by Crippen LogP contribution is 2.13. The molecule has 2 N–H and O–H groups in total. The summed E-state index contributed by atoms with van der Waals surface area (Å²) in [5.41, 5.74) is 2.21. The number of pyridine rings is 2. The van der Waals surface area contributed by atoms with Crippen LogP contribution >= 0.6 is 24.0 Å². The number of piperidine rings is 1. The Kier molecular flexibility index (Phi) is 11.6. The summed E-state index contributed by atoms with van der Waals surface area (Å²) >= 11 is 0. The molecule has 8 heteroatoms. The molecule has 0 bridgehead atoms. The van der Waals surface area contributed by atoms with Crippen LogP contribution in [0.4, 0.5) is 0 Å². The number of guanidine groups is 1. The van der Waals surface area contributed by atoms with Gasteiger partial charge < -0.3 is 15.4 Å². The molecular formula is C23H35IN6O. The number of nitrogens with zero attached hydrogens (tertiary/aromatic N) is 4. The molecule has 0 atom stereocenters. The van der Waals surface area contributed by atoms with Crippen LogP contribution in [0.5, 0.6) is 5.88 Å². The molecule has 0 aliphatic carbocycles. The van der Waals surface area contributed by atoms with Crippen LogP contribution in [-0.2, 0) is 13.1 Å². The van der Waals surface area contributed by atoms with E-state index in [-0.39, 0.29) is 24.0 Å². The molecule has 2 aromatic heterocycles. The quantitative estimate of drug-likeness (QED) is 0.289. The number of rotatable bonds is 9. The molecule has 0 amide bonds. The largest absolute Gasteiger partial charge is 0.478 e. The average Bonchev–Trinajstić information content (AvgIpc) is 2.79. The number of aliphatic imine (C=N–C) groups is 1. The van der Waals surface area contributed by atoms with Crippen LogP contribution in [0.3, 0.4) is 0 Å². The third-order valence-electron chi connectivity index (χ3n) is 5.06. The van der Waals surface area contributed by atoms with E-state index in [2.05, 4.69) is 51.5 Å². The predicted octanol–water partition coefficient (Wildman–Crippen LogP) is 3.60. The van der Waals surface area contributed by atoms with E-state index in [1.165, 1.54) is 0 Å². The topological polar surface area (TPSA) is 74.7 Å². The van der Waals surface area contributed by atoms with Gasteiger partial charge in [0.25, 0.3) is 0 Å². The molecule has 0 unspecified atom stereocenters. The monoisotopic (exact) mass is 538 g/mol. The minimum absolute atomic E-state index is 0. The normalized spacial score (nSPS) is 15.2. The first kappa shape index (κ1) is 25.3. The number of nitrogens with one attached hydrogen (secondary N) is 2. The lowest BCUT2D eigenvalue weighted by atomic mass is 10.0. The lowest BCUT2D eigenvalue weighted by molar-refractivity contribution is 0.196. The van der Waals surface area contributed by atoms with Gasteiger partial charge in [0.1, 0.15) is 0 Å². The first-order valence-electron chi connectivity index (χ1n) is 11.0. The van der Waals surface area contributed by atoms with Crippen molar-refractivity contribution < 1.29 is 4.74 Å². The van der Waals surface area contributed by atoms with Crippen LogP contribution in [-0.4, -0.2) is 53.1 Å². The van der Waals surface area contributed by atoms with Crippen LogP contribution in [0, 0.1) is 0 Å². The summed E-state index contributed by atoms with van der Waals surface area (Å²) in [6.45, 7) is 9.36. The molecule has 170 valence electrons. The Hall–Kier alpha value is -1.94. The smallest absolute Gasteiger partial charge is 0.213 e. The van der Waals surface area contributed by atoms with E-state index in [0.717, 1.165) is 62.7 Å². The summed E-state index contributed by atoms with van der Waals surface area (Å²) in [5.74, 6) is 1.54. The Morgan fingerprint density at radius 2 is 2.00 bits per heavy atom. The van der Waals surface area contributed by atoms with Gasteiger partial charge in [-0.3, -0.25) is 9.88 Å². The number of halogens is 1. The summed E-state index contributed by atoms with van der Waals surface area (Å²) in [6, 6.07) is 10.5. The van der Waals surface area contributed by atoms with Gasteiger partial charge in [0.05, 0.1) is 18.8 Å². The van der Waals surface area contributed by atoms with E-state index in [1.54, 1.807) is 0 Å². The molecular weight excluding hydrogens is 503 g/mol. The molecule has 1 fully saturated rings. The molecule has 0 radical (unpaired) electrons. The van der Waals surface area contributed by atoms with E-state index in [4.69, 9.17) is 9.73 Å². The fourth-order valence-corrected chi connectivity index (χ4v) is 3.44. The van der Waals surface area contributed by atoms with Crippen LogP contribution in [0.25, 0.3) is 0 Å². The molecule has 1 aliphatic heterocycles. The second-order valence-corrected chi connectivity index (χ2v) is 7.56. The number of hydrogen-bond acceptors (Lipinski definition) is 5. The van der Waals surface area contributed by atoms with Crippen molar-refractivity contribution in [1.82, 2.24) is 25.5 Å². The maximum atomic E-state index is 5.54. The standard InChI is InChI=1S/C23H34N6O.HI/c1-3-15-30-22-9-8-19(16-26-22)17-27-23(24-4-2)28-20-10-13-29(14-11-20)18-21-7-5-6-12-25-21;/h5-9,12,16,20H,3-4,10-11,13-15,17-18H2,1-2H3,(H2,24,27,28);1H. The molecule has 7 nitrogen and oxygen atoms in total. The molecule has 0 saturated carbocycles. The maximum Gasteiger partial charge on any atom is 0.213 e. The zero-order valence-corrected chi connectivity index (χ0v) is 20.9. The van der Waals surface area contributed by atoms with Gasteiger partial charge >= 0.3 is 0 Å². The first-order chi connectivity index (χ1) is 14.8. The molecule has 2 aromatic rings. The van der Waals surface area contributed by atoms with Gasteiger partial charge in [-0.15, -0.1) is 24.0 Å². The van der Waals surface area contributed by atoms with E-state index in [0.29, 0.717) is 25.1 Å². The zero-order chi connectivity index (χ0) is 21.0. The Bertz CT molecular complexity index is 763. The van der Waals surface area contributed by atoms with Crippen molar-refractivity contribution in [3.63, 3.8) is 0 Å². The first-order valence-corrected chi connectivity index (χ1v) is 11.0. The van der Waals surface area contributed by atoms with Gasteiger partial charge in [0.2, 0.25) is 5.88 Å². The molecule has 3 rings (SSSR count). The minimum atomic E-state index is 0. The Labute approximate surface area is 203 Å². The fourth-order valence-electron chi connectivity index (χ4n) is 3.44. The molecule has 3 heterocycles. The summed E-state index contributed by atoms with van der Waals surface area (Å²) in [5, 5.41) is 6.96. The second-order valence-electron chi connectivity index (χ2n) is 7.56. The molecule has 31 heavy (non-hydrogen) atoms. The highest BCUT2D eigenvalue weighted by molar-refractivity contribution is 14.0. The third-order valence-corrected chi connectivity index (χ3v) is 5.06. The van der Waals surface area contributed by atoms with Gasteiger partial charge in [-0.2, -0.15) is 0 Å². The number of ether oxygens (including phenoxy) is 1. The zero-order valence-electron chi connectivity index (χ0n) is 18.6. The third kappa shape index (κ3) is 8.98. The van der Waals surface area contributed by atoms with Crippen molar-refractivity contribution in [2.24, 2.45) is 4.99 Å². The highest BCUT2D eigenvalue weighted by Gasteiger charge is 2.20. The lowest BCUT2D eigenvalue weighted by Gasteiger charge is -2.32. The Morgan fingerprint density at radius 3 is 2.65 bits per heavy atom. The predicted molar refractivity (Wildman–Crippen MR) is 136 cm³/mol. The molecule has 0 spiro atoms. The molecule has 0 aromatic carbocycles. The SMILES string of the molecule is CCCOc1ccc(CN=C(NCC)NC2CCN(Cc3ccccn3)CC2)cn1.I. The number of likely N-dealkylation sites (tertiary alicyclic amines) is 1. The van der Waals surface area contributed by atoms with Gasteiger partial charge in [-0.25, -0.2) is 9.98 Å². The van der Waals surface area contributed by atoms with E-state index in [9.17, 15) is 0 Å². The second kappa shape index (κ2) is 14.2. The van der Waals surface area contributed by atoms with E-state index < -0.39 is 0 Å². The highest BCUT2D eigenvalue weighted by atomic mass is 127. The van der Waals surface area contributed by atoms with Crippen LogP contribution in [0.15, 0.2) is 47.7 Å². The molecule has 1 saturated heterocycles. The maximum absolute atomic E-state index is 5.54. The summed E-state index contributed by atoms with van der Waals surface area (Å²) in [4.78, 5) is 16.0. The fraction of sp³-hybridized carbons (Fsp3) is 0.522. The van der Waals surface area contributed by atoms with Gasteiger partial charge in [-0.1, -0.05) is 19.1 Å². The van der Waals surface area contributed by atoms with Crippen LogP contribution in [0.1, 0.15) is 44.4 Å². The van der Waals surface area contributed by atoms with Crippen molar-refractivity contribution in [2.75, 3.05) is 26.2 Å². The van der Waals surface area contributed by atoms with E-state index >= 15 is 0 Å². The van der Waals surface area contributed by atoms with E-state index in [1.807, 2.05) is 30.6 Å². The average molecular weight is 538 g/mol. The van der Waals surface area contributed by atoms with Crippen LogP contribution < -0.4 is 15.4 Å². The number of aromatic nitrogens is 2. The van der Waals surface area contributed by atoms with Crippen LogP contribution in [0.2, 0.25) is 0 Å². The van der Waals surface area contributed by atoms with Crippen molar-refractivity contribution in [3.05, 3.63) is 54.0 Å². The van der Waals surface area contributed by atoms with Crippen molar-refractivity contribution in [2.45, 2.75) is 52.2 Å². The van der Waals surface area contributed by atoms with Crippen molar-refractivity contribution in [3.8, 4) is 5.88 Å². The van der Waals surface area contributed by atoms with Gasteiger partial charge in [0.15, 0.2) is 5.96 Å². The van der Waals surface area contributed by atoms with Crippen molar-refractivity contribution in [1.29, 1.82) is 0 Å². The Morgan fingerprint density at radius 1 is 1.16 bits per heavy atom. The summed E-state index contributed by atoms with van der Waals surface area (Å²) in [7, 11) is 0. The molecule has 1 aliphatic rings. The minimum Gasteiger partial charge on any atom is -0.478 e.